The zero-order valence-electron chi connectivity index (χ0n) is 11.2. The summed E-state index contributed by atoms with van der Waals surface area (Å²) in [4.78, 5) is 7.01. The van der Waals surface area contributed by atoms with Gasteiger partial charge in [0.25, 0.3) is 0 Å². The van der Waals surface area contributed by atoms with Gasteiger partial charge in [0.05, 0.1) is 11.6 Å². The van der Waals surface area contributed by atoms with Gasteiger partial charge in [0.2, 0.25) is 0 Å². The minimum Gasteiger partial charge on any atom is -0.355 e. The molecule has 98 valence electrons. The van der Waals surface area contributed by atoms with Crippen molar-refractivity contribution in [2.24, 2.45) is 5.92 Å². The number of pyridine rings is 1. The summed E-state index contributed by atoms with van der Waals surface area (Å²) in [5.41, 5.74) is 2.04. The highest BCUT2D eigenvalue weighted by Crippen LogP contribution is 2.24. The normalized spacial score (nSPS) is 11.4. The van der Waals surface area contributed by atoms with Crippen LogP contribution in [0.25, 0.3) is 5.65 Å². The Balaban J connectivity index is 2.48. The summed E-state index contributed by atoms with van der Waals surface area (Å²) in [6.45, 7) is 8.55. The van der Waals surface area contributed by atoms with E-state index in [9.17, 15) is 0 Å². The van der Waals surface area contributed by atoms with E-state index in [4.69, 9.17) is 16.6 Å². The molecule has 0 aliphatic carbocycles. The van der Waals surface area contributed by atoms with E-state index in [1.807, 2.05) is 24.4 Å². The maximum absolute atomic E-state index is 6.10. The molecule has 0 N–H and O–H groups in total. The lowest BCUT2D eigenvalue weighted by atomic mass is 10.2. The lowest BCUT2D eigenvalue weighted by molar-refractivity contribution is 0.614. The number of imidazole rings is 1. The number of hydrogen-bond acceptors (Lipinski definition) is 2. The summed E-state index contributed by atoms with van der Waals surface area (Å²) in [6.07, 6.45) is 2.02. The van der Waals surface area contributed by atoms with Crippen LogP contribution in [0.1, 0.15) is 26.5 Å². The van der Waals surface area contributed by atoms with Crippen molar-refractivity contribution in [1.82, 2.24) is 9.38 Å². The average molecular weight is 266 g/mol. The summed E-state index contributed by atoms with van der Waals surface area (Å²) >= 11 is 6.10. The zero-order chi connectivity index (χ0) is 13.1. The van der Waals surface area contributed by atoms with E-state index in [-0.39, 0.29) is 0 Å². The number of nitrogens with zero attached hydrogens (tertiary/aromatic N) is 3. The number of anilines is 1. The van der Waals surface area contributed by atoms with Crippen molar-refractivity contribution in [2.45, 2.75) is 26.7 Å². The van der Waals surface area contributed by atoms with Crippen molar-refractivity contribution in [2.75, 3.05) is 18.0 Å². The number of hydrogen-bond donors (Lipinski definition) is 0. The van der Waals surface area contributed by atoms with Gasteiger partial charge in [-0.2, -0.15) is 0 Å². The fourth-order valence-corrected chi connectivity index (χ4v) is 2.47. The largest absolute Gasteiger partial charge is 0.355 e. The van der Waals surface area contributed by atoms with Gasteiger partial charge >= 0.3 is 0 Å². The Morgan fingerprint density at radius 1 is 1.39 bits per heavy atom. The van der Waals surface area contributed by atoms with Crippen LogP contribution >= 0.6 is 11.6 Å². The Labute approximate surface area is 113 Å². The molecule has 4 heteroatoms. The Morgan fingerprint density at radius 2 is 2.17 bits per heavy atom. The first kappa shape index (κ1) is 13.2. The molecule has 0 atom stereocenters. The standard InChI is InChI=1S/C14H20ClN3/c1-4-17(10-11(2)3)14-12(9-15)18-8-6-5-7-13(18)16-14/h5-8,11H,4,9-10H2,1-3H3. The highest BCUT2D eigenvalue weighted by molar-refractivity contribution is 6.17. The fraction of sp³-hybridized carbons (Fsp3) is 0.500. The molecule has 0 aliphatic rings. The van der Waals surface area contributed by atoms with Gasteiger partial charge in [-0.15, -0.1) is 11.6 Å². The van der Waals surface area contributed by atoms with Crippen LogP contribution in [0.2, 0.25) is 0 Å². The van der Waals surface area contributed by atoms with Gasteiger partial charge in [-0.3, -0.25) is 0 Å². The molecule has 0 saturated carbocycles. The molecule has 0 fully saturated rings. The molecule has 0 aliphatic heterocycles. The van der Waals surface area contributed by atoms with Crippen molar-refractivity contribution in [1.29, 1.82) is 0 Å². The van der Waals surface area contributed by atoms with Crippen LogP contribution in [0.3, 0.4) is 0 Å². The molecule has 0 amide bonds. The first-order chi connectivity index (χ1) is 8.67. The Morgan fingerprint density at radius 3 is 2.78 bits per heavy atom. The summed E-state index contributed by atoms with van der Waals surface area (Å²) in [7, 11) is 0. The third-order valence-corrected chi connectivity index (χ3v) is 3.25. The first-order valence-electron chi connectivity index (χ1n) is 6.44. The molecule has 0 saturated heterocycles. The van der Waals surface area contributed by atoms with Gasteiger partial charge in [0.15, 0.2) is 5.82 Å². The van der Waals surface area contributed by atoms with E-state index in [0.717, 1.165) is 30.2 Å². The lowest BCUT2D eigenvalue weighted by Crippen LogP contribution is -2.28. The van der Waals surface area contributed by atoms with Crippen LogP contribution in [0.5, 0.6) is 0 Å². The van der Waals surface area contributed by atoms with E-state index < -0.39 is 0 Å². The smallest absolute Gasteiger partial charge is 0.152 e. The predicted molar refractivity (Wildman–Crippen MR) is 77.5 cm³/mol. The van der Waals surface area contributed by atoms with Gasteiger partial charge in [0, 0.05) is 19.3 Å². The van der Waals surface area contributed by atoms with Gasteiger partial charge in [-0.1, -0.05) is 19.9 Å². The van der Waals surface area contributed by atoms with Crippen LogP contribution in [0, 0.1) is 5.92 Å². The summed E-state index contributed by atoms with van der Waals surface area (Å²) in [6, 6.07) is 6.03. The van der Waals surface area contributed by atoms with E-state index in [1.54, 1.807) is 0 Å². The highest BCUT2D eigenvalue weighted by Gasteiger charge is 2.16. The monoisotopic (exact) mass is 265 g/mol. The van der Waals surface area contributed by atoms with Crippen molar-refractivity contribution in [3.8, 4) is 0 Å². The number of alkyl halides is 1. The van der Waals surface area contributed by atoms with Gasteiger partial charge < -0.3 is 9.30 Å². The van der Waals surface area contributed by atoms with E-state index in [2.05, 4.69) is 30.1 Å². The summed E-state index contributed by atoms with van der Waals surface area (Å²) in [5.74, 6) is 2.11. The third kappa shape index (κ3) is 2.46. The van der Waals surface area contributed by atoms with Gasteiger partial charge in [0.1, 0.15) is 5.65 Å². The Bertz CT molecular complexity index is 519. The second-order valence-corrected chi connectivity index (χ2v) is 5.14. The number of aromatic nitrogens is 2. The molecular formula is C14H20ClN3. The second-order valence-electron chi connectivity index (χ2n) is 4.88. The average Bonchev–Trinajstić information content (AvgIpc) is 2.73. The number of rotatable bonds is 5. The molecule has 2 aromatic heterocycles. The minimum atomic E-state index is 0.481. The fourth-order valence-electron chi connectivity index (χ4n) is 2.22. The van der Waals surface area contributed by atoms with Crippen molar-refractivity contribution >= 4 is 23.1 Å². The van der Waals surface area contributed by atoms with Crippen LogP contribution in [0.4, 0.5) is 5.82 Å². The second kappa shape index (κ2) is 5.61. The summed E-state index contributed by atoms with van der Waals surface area (Å²) in [5, 5.41) is 0. The zero-order valence-corrected chi connectivity index (χ0v) is 12.0. The molecule has 2 rings (SSSR count). The van der Waals surface area contributed by atoms with Crippen LogP contribution < -0.4 is 4.90 Å². The van der Waals surface area contributed by atoms with E-state index in [1.165, 1.54) is 0 Å². The molecule has 3 nitrogen and oxygen atoms in total. The highest BCUT2D eigenvalue weighted by atomic mass is 35.5. The Hall–Kier alpha value is -1.22. The molecule has 0 bridgehead atoms. The van der Waals surface area contributed by atoms with Crippen molar-refractivity contribution in [3.63, 3.8) is 0 Å². The predicted octanol–water partition coefficient (Wildman–Crippen LogP) is 3.56. The topological polar surface area (TPSA) is 20.5 Å². The minimum absolute atomic E-state index is 0.481. The maximum Gasteiger partial charge on any atom is 0.152 e. The van der Waals surface area contributed by atoms with Crippen LogP contribution in [-0.2, 0) is 5.88 Å². The van der Waals surface area contributed by atoms with Crippen molar-refractivity contribution in [3.05, 3.63) is 30.1 Å². The third-order valence-electron chi connectivity index (χ3n) is 3.00. The molecule has 0 spiro atoms. The SMILES string of the molecule is CCN(CC(C)C)c1nc2ccccn2c1CCl. The molecule has 18 heavy (non-hydrogen) atoms. The summed E-state index contributed by atoms with van der Waals surface area (Å²) < 4.78 is 2.07. The molecule has 0 aromatic carbocycles. The van der Waals surface area contributed by atoms with E-state index in [0.29, 0.717) is 11.8 Å². The van der Waals surface area contributed by atoms with Crippen LogP contribution in [0.15, 0.2) is 24.4 Å². The van der Waals surface area contributed by atoms with Crippen LogP contribution in [-0.4, -0.2) is 22.5 Å². The maximum atomic E-state index is 6.10. The van der Waals surface area contributed by atoms with E-state index >= 15 is 0 Å². The molecular weight excluding hydrogens is 246 g/mol. The molecule has 2 heterocycles. The molecule has 0 unspecified atom stereocenters. The first-order valence-corrected chi connectivity index (χ1v) is 6.97. The molecule has 2 aromatic rings. The number of fused-ring (bicyclic) bond motifs is 1. The quantitative estimate of drug-likeness (QED) is 0.771. The van der Waals surface area contributed by atoms with Gasteiger partial charge in [-0.25, -0.2) is 4.98 Å². The Kier molecular flexibility index (Phi) is 4.12. The lowest BCUT2D eigenvalue weighted by Gasteiger charge is -2.23. The molecule has 0 radical (unpaired) electrons. The van der Waals surface area contributed by atoms with Crippen molar-refractivity contribution < 1.29 is 0 Å². The number of halogens is 1. The van der Waals surface area contributed by atoms with Gasteiger partial charge in [-0.05, 0) is 25.0 Å².